The smallest absolute Gasteiger partial charge is 0.407 e. The number of esters is 1. The van der Waals surface area contributed by atoms with Gasteiger partial charge in [0.15, 0.2) is 11.5 Å². The first-order chi connectivity index (χ1) is 26.1. The van der Waals surface area contributed by atoms with Gasteiger partial charge in [-0.3, -0.25) is 9.59 Å². The molecular formula is C41H38ClFN4O7S. The molecule has 0 unspecified atom stereocenters. The predicted octanol–water partition coefficient (Wildman–Crippen LogP) is 9.14. The number of carbonyl (C=O) groups is 4. The number of nitrogens with zero attached hydrogens (tertiary/aromatic N) is 1. The number of nitrogens with one attached hydrogen (secondary N) is 3. The van der Waals surface area contributed by atoms with Gasteiger partial charge in [0, 0.05) is 45.8 Å². The van der Waals surface area contributed by atoms with Crippen molar-refractivity contribution >= 4 is 58.2 Å². The minimum Gasteiger partial charge on any atom is -0.493 e. The van der Waals surface area contributed by atoms with Crippen molar-refractivity contribution in [1.82, 2.24) is 10.3 Å². The van der Waals surface area contributed by atoms with Gasteiger partial charge >= 0.3 is 12.1 Å². The Hall–Kier alpha value is -5.79. The maximum atomic E-state index is 14.6. The van der Waals surface area contributed by atoms with Crippen LogP contribution >= 0.6 is 22.9 Å². The summed E-state index contributed by atoms with van der Waals surface area (Å²) < 4.78 is 31.2. The third-order valence-electron chi connectivity index (χ3n) is 8.65. The lowest BCUT2D eigenvalue weighted by Gasteiger charge is -2.20. The Morgan fingerprint density at radius 2 is 1.69 bits per heavy atom. The number of pyridine rings is 1. The summed E-state index contributed by atoms with van der Waals surface area (Å²) in [6, 6.07) is 16.2. The zero-order chi connectivity index (χ0) is 39.6. The quantitative estimate of drug-likeness (QED) is 0.132. The number of alkyl carbamates (subject to hydrolysis) is 1. The fourth-order valence-corrected chi connectivity index (χ4v) is 7.34. The first-order valence-corrected chi connectivity index (χ1v) is 18.5. The van der Waals surface area contributed by atoms with Gasteiger partial charge in [-0.15, -0.1) is 11.3 Å². The standard InChI is InChI=1S/C41H38ClFN4O7S/c1-21-16-23(20-44-40(51)54-41(3,4)5)17-22(2)34(21)47-37(48)27-18-28-32(53-14-12-24-13-15-55-36(24)28)19-26(27)25-10-11-31(45-35(25)39(50)52-6)38(49)46-30-9-7-8-29(42)33(30)43/h7-11,13,15-19H,12,14,20H2,1-6H3,(H,44,51)(H,46,49)(H,47,48). The average molecular weight is 785 g/mol. The van der Waals surface area contributed by atoms with E-state index in [1.165, 1.54) is 48.8 Å². The summed E-state index contributed by atoms with van der Waals surface area (Å²) in [6.07, 6.45) is 0.113. The number of hydrogen-bond acceptors (Lipinski definition) is 9. The normalized spacial score (nSPS) is 12.0. The second-order valence-electron chi connectivity index (χ2n) is 13.8. The number of methoxy groups -OCH3 is 1. The molecule has 284 valence electrons. The summed E-state index contributed by atoms with van der Waals surface area (Å²) in [5.41, 5.74) is 4.07. The number of halogens is 2. The number of thiophene rings is 1. The van der Waals surface area contributed by atoms with Crippen LogP contribution in [0.25, 0.3) is 21.6 Å². The van der Waals surface area contributed by atoms with Crippen molar-refractivity contribution in [3.8, 4) is 27.3 Å². The van der Waals surface area contributed by atoms with Crippen LogP contribution in [-0.4, -0.2) is 48.2 Å². The van der Waals surface area contributed by atoms with Gasteiger partial charge in [0.1, 0.15) is 17.0 Å². The van der Waals surface area contributed by atoms with E-state index in [9.17, 15) is 23.6 Å². The zero-order valence-electron chi connectivity index (χ0n) is 30.9. The molecule has 3 amide bonds. The molecule has 0 bridgehead atoms. The van der Waals surface area contributed by atoms with Gasteiger partial charge in [-0.2, -0.15) is 0 Å². The predicted molar refractivity (Wildman–Crippen MR) is 210 cm³/mol. The third-order valence-corrected chi connectivity index (χ3v) is 9.93. The fraction of sp³-hybridized carbons (Fsp3) is 0.244. The van der Waals surface area contributed by atoms with E-state index in [-0.39, 0.29) is 39.8 Å². The molecule has 3 N–H and O–H groups in total. The van der Waals surface area contributed by atoms with Crippen molar-refractivity contribution in [2.24, 2.45) is 0 Å². The molecule has 1 aliphatic rings. The lowest BCUT2D eigenvalue weighted by molar-refractivity contribution is 0.0522. The number of rotatable bonds is 8. The van der Waals surface area contributed by atoms with Crippen molar-refractivity contribution in [3.63, 3.8) is 0 Å². The first kappa shape index (κ1) is 38.9. The number of benzene rings is 3. The molecule has 0 fully saturated rings. The van der Waals surface area contributed by atoms with Crippen LogP contribution in [0.2, 0.25) is 5.02 Å². The van der Waals surface area contributed by atoms with E-state index < -0.39 is 35.3 Å². The number of ether oxygens (including phenoxy) is 3. The largest absolute Gasteiger partial charge is 0.493 e. The van der Waals surface area contributed by atoms with E-state index in [1.54, 1.807) is 32.9 Å². The van der Waals surface area contributed by atoms with Crippen molar-refractivity contribution in [3.05, 3.63) is 116 Å². The van der Waals surface area contributed by atoms with Crippen LogP contribution < -0.4 is 20.7 Å². The zero-order valence-corrected chi connectivity index (χ0v) is 32.5. The Balaban J connectivity index is 1.40. The molecule has 14 heteroatoms. The first-order valence-electron chi connectivity index (χ1n) is 17.2. The number of amides is 3. The highest BCUT2D eigenvalue weighted by Crippen LogP contribution is 2.43. The van der Waals surface area contributed by atoms with Gasteiger partial charge < -0.3 is 30.2 Å². The van der Waals surface area contributed by atoms with Gasteiger partial charge in [0.05, 0.1) is 24.4 Å². The number of fused-ring (bicyclic) bond motifs is 3. The lowest BCUT2D eigenvalue weighted by atomic mass is 9.93. The maximum absolute atomic E-state index is 14.6. The van der Waals surface area contributed by atoms with Crippen LogP contribution in [-0.2, 0) is 22.4 Å². The van der Waals surface area contributed by atoms with E-state index in [4.69, 9.17) is 25.8 Å². The highest BCUT2D eigenvalue weighted by atomic mass is 35.5. The highest BCUT2D eigenvalue weighted by molar-refractivity contribution is 7.13. The van der Waals surface area contributed by atoms with Gasteiger partial charge in [-0.25, -0.2) is 19.0 Å². The summed E-state index contributed by atoms with van der Waals surface area (Å²) in [6.45, 7) is 9.66. The molecule has 5 aromatic rings. The molecule has 0 atom stereocenters. The molecule has 3 aromatic carbocycles. The second-order valence-corrected chi connectivity index (χ2v) is 15.1. The van der Waals surface area contributed by atoms with Gasteiger partial charge in [0.2, 0.25) is 0 Å². The number of aryl methyl sites for hydroxylation is 2. The highest BCUT2D eigenvalue weighted by Gasteiger charge is 2.28. The molecule has 0 spiro atoms. The second kappa shape index (κ2) is 15.9. The summed E-state index contributed by atoms with van der Waals surface area (Å²) in [4.78, 5) is 58.6. The molecule has 0 saturated carbocycles. The fourth-order valence-electron chi connectivity index (χ4n) is 6.19. The Labute approximate surface area is 326 Å². The molecular weight excluding hydrogens is 747 g/mol. The molecule has 11 nitrogen and oxygen atoms in total. The minimum absolute atomic E-state index is 0.171. The molecule has 1 aliphatic heterocycles. The number of hydrogen-bond donors (Lipinski definition) is 3. The molecule has 0 radical (unpaired) electrons. The SMILES string of the molecule is COC(=O)c1nc(C(=O)Nc2cccc(Cl)c2F)ccc1-c1cc2c(cc1C(=O)Nc1c(C)cc(CNC(=O)OC(C)(C)C)cc1C)-c1sccc1CCO2. The van der Waals surface area contributed by atoms with Gasteiger partial charge in [0.25, 0.3) is 11.8 Å². The molecule has 0 aliphatic carbocycles. The van der Waals surface area contributed by atoms with E-state index in [1.807, 2.05) is 37.4 Å². The lowest BCUT2D eigenvalue weighted by Crippen LogP contribution is -2.32. The van der Waals surface area contributed by atoms with Crippen molar-refractivity contribution < 1.29 is 37.8 Å². The summed E-state index contributed by atoms with van der Waals surface area (Å²) in [5, 5.41) is 10.1. The molecule has 6 rings (SSSR count). The average Bonchev–Trinajstić information content (AvgIpc) is 3.53. The van der Waals surface area contributed by atoms with Crippen LogP contribution in [0.15, 0.2) is 66.0 Å². The Morgan fingerprint density at radius 3 is 2.40 bits per heavy atom. The van der Waals surface area contributed by atoms with Crippen LogP contribution in [0.4, 0.5) is 20.6 Å². The molecule has 0 saturated heterocycles. The van der Waals surface area contributed by atoms with E-state index in [0.29, 0.717) is 35.6 Å². The van der Waals surface area contributed by atoms with Crippen LogP contribution in [0, 0.1) is 19.7 Å². The van der Waals surface area contributed by atoms with E-state index in [2.05, 4.69) is 20.9 Å². The van der Waals surface area contributed by atoms with Crippen molar-refractivity contribution in [2.75, 3.05) is 24.4 Å². The summed E-state index contributed by atoms with van der Waals surface area (Å²) >= 11 is 7.42. The van der Waals surface area contributed by atoms with Gasteiger partial charge in [-0.05, 0) is 105 Å². The van der Waals surface area contributed by atoms with Gasteiger partial charge in [-0.1, -0.05) is 29.8 Å². The Kier molecular flexibility index (Phi) is 11.3. The number of anilines is 2. The van der Waals surface area contributed by atoms with Crippen molar-refractivity contribution in [2.45, 2.75) is 53.2 Å². The topological polar surface area (TPSA) is 145 Å². The van der Waals surface area contributed by atoms with E-state index >= 15 is 0 Å². The summed E-state index contributed by atoms with van der Waals surface area (Å²) in [7, 11) is 1.17. The number of aromatic nitrogens is 1. The Morgan fingerprint density at radius 1 is 0.945 bits per heavy atom. The van der Waals surface area contributed by atoms with E-state index in [0.717, 1.165) is 27.1 Å². The molecule has 55 heavy (non-hydrogen) atoms. The molecule has 3 heterocycles. The van der Waals surface area contributed by atoms with Crippen LogP contribution in [0.5, 0.6) is 5.75 Å². The summed E-state index contributed by atoms with van der Waals surface area (Å²) in [5.74, 6) is -2.49. The number of carbonyl (C=O) groups excluding carboxylic acids is 4. The van der Waals surface area contributed by atoms with Crippen LogP contribution in [0.3, 0.4) is 0 Å². The minimum atomic E-state index is -0.872. The maximum Gasteiger partial charge on any atom is 0.407 e. The van der Waals surface area contributed by atoms with Crippen molar-refractivity contribution in [1.29, 1.82) is 0 Å². The molecule has 2 aromatic heterocycles. The third kappa shape index (κ3) is 8.63. The van der Waals surface area contributed by atoms with Crippen LogP contribution in [0.1, 0.15) is 74.4 Å². The Bertz CT molecular complexity index is 2330. The monoisotopic (exact) mass is 784 g/mol.